The largest absolute Gasteiger partial charge is 0.349 e. The summed E-state index contributed by atoms with van der Waals surface area (Å²) in [6, 6.07) is 6.80. The number of aromatic nitrogens is 2. The van der Waals surface area contributed by atoms with Crippen molar-refractivity contribution in [3.63, 3.8) is 0 Å². The molecule has 24 heavy (non-hydrogen) atoms. The molecule has 4 heteroatoms. The van der Waals surface area contributed by atoms with Crippen LogP contribution in [0.3, 0.4) is 0 Å². The Hall–Kier alpha value is -2.10. The lowest BCUT2D eigenvalue weighted by atomic mass is 9.89. The van der Waals surface area contributed by atoms with E-state index in [0.29, 0.717) is 0 Å². The van der Waals surface area contributed by atoms with Gasteiger partial charge in [0, 0.05) is 31.3 Å². The van der Waals surface area contributed by atoms with Crippen molar-refractivity contribution in [1.29, 1.82) is 0 Å². The third-order valence-corrected chi connectivity index (χ3v) is 5.55. The summed E-state index contributed by atoms with van der Waals surface area (Å²) < 4.78 is 2.15. The van der Waals surface area contributed by atoms with Gasteiger partial charge in [-0.3, -0.25) is 4.79 Å². The normalized spacial score (nSPS) is 20.8. The predicted molar refractivity (Wildman–Crippen MR) is 93.7 cm³/mol. The molecular formula is C20H25N3O. The first-order chi connectivity index (χ1) is 11.7. The molecule has 4 rings (SSSR count). The first-order valence-corrected chi connectivity index (χ1v) is 9.13. The SMILES string of the molecule is C[C@H](NC(=O)[C@H]1CCn2ccnc2C1)c1ccc2c(c1)CCCC2. The number of hydrogen-bond acceptors (Lipinski definition) is 2. The molecule has 2 aliphatic rings. The quantitative estimate of drug-likeness (QED) is 0.943. The molecule has 0 fully saturated rings. The number of nitrogens with zero attached hydrogens (tertiary/aromatic N) is 2. The average molecular weight is 323 g/mol. The van der Waals surface area contributed by atoms with E-state index in [4.69, 9.17) is 0 Å². The molecule has 2 heterocycles. The number of fused-ring (bicyclic) bond motifs is 2. The lowest BCUT2D eigenvalue weighted by Gasteiger charge is -2.25. The molecule has 0 saturated heterocycles. The van der Waals surface area contributed by atoms with Gasteiger partial charge in [-0.1, -0.05) is 18.2 Å². The van der Waals surface area contributed by atoms with Crippen molar-refractivity contribution in [2.75, 3.05) is 0 Å². The van der Waals surface area contributed by atoms with Gasteiger partial charge in [-0.2, -0.15) is 0 Å². The Morgan fingerprint density at radius 3 is 3.00 bits per heavy atom. The van der Waals surface area contributed by atoms with Crippen LogP contribution in [-0.2, 0) is 30.6 Å². The van der Waals surface area contributed by atoms with E-state index in [9.17, 15) is 4.79 Å². The van der Waals surface area contributed by atoms with E-state index in [1.807, 2.05) is 12.4 Å². The minimum absolute atomic E-state index is 0.0416. The van der Waals surface area contributed by atoms with E-state index in [-0.39, 0.29) is 17.9 Å². The van der Waals surface area contributed by atoms with Gasteiger partial charge in [0.2, 0.25) is 5.91 Å². The highest BCUT2D eigenvalue weighted by atomic mass is 16.1. The molecule has 1 aliphatic heterocycles. The summed E-state index contributed by atoms with van der Waals surface area (Å²) in [7, 11) is 0. The lowest BCUT2D eigenvalue weighted by Crippen LogP contribution is -2.36. The molecule has 1 amide bonds. The van der Waals surface area contributed by atoms with Crippen molar-refractivity contribution in [1.82, 2.24) is 14.9 Å². The third-order valence-electron chi connectivity index (χ3n) is 5.55. The first kappa shape index (κ1) is 15.4. The van der Waals surface area contributed by atoms with E-state index in [0.717, 1.165) is 25.2 Å². The maximum atomic E-state index is 12.7. The van der Waals surface area contributed by atoms with Crippen LogP contribution >= 0.6 is 0 Å². The van der Waals surface area contributed by atoms with Gasteiger partial charge in [0.1, 0.15) is 5.82 Å². The zero-order valence-electron chi connectivity index (χ0n) is 14.3. The fourth-order valence-corrected chi connectivity index (χ4v) is 4.01. The molecule has 1 N–H and O–H groups in total. The second kappa shape index (κ2) is 6.42. The molecule has 2 atom stereocenters. The number of carbonyl (C=O) groups is 1. The number of rotatable bonds is 3. The molecule has 0 saturated carbocycles. The number of carbonyl (C=O) groups excluding carboxylic acids is 1. The summed E-state index contributed by atoms with van der Waals surface area (Å²) in [5.41, 5.74) is 4.18. The van der Waals surface area contributed by atoms with Gasteiger partial charge in [-0.15, -0.1) is 0 Å². The molecule has 4 nitrogen and oxygen atoms in total. The van der Waals surface area contributed by atoms with E-state index in [1.54, 1.807) is 0 Å². The second-order valence-electron chi connectivity index (χ2n) is 7.19. The van der Waals surface area contributed by atoms with Crippen LogP contribution in [0.4, 0.5) is 0 Å². The molecule has 0 spiro atoms. The van der Waals surface area contributed by atoms with Crippen LogP contribution in [-0.4, -0.2) is 15.5 Å². The molecular weight excluding hydrogens is 298 g/mol. The smallest absolute Gasteiger partial charge is 0.224 e. The molecule has 1 aliphatic carbocycles. The molecule has 1 aromatic carbocycles. The molecule has 0 radical (unpaired) electrons. The average Bonchev–Trinajstić information content (AvgIpc) is 3.08. The van der Waals surface area contributed by atoms with Crippen LogP contribution in [0.1, 0.15) is 54.7 Å². The van der Waals surface area contributed by atoms with Crippen molar-refractivity contribution in [2.45, 2.75) is 58.0 Å². The van der Waals surface area contributed by atoms with Crippen LogP contribution in [0, 0.1) is 5.92 Å². The molecule has 1 aromatic heterocycles. The highest BCUT2D eigenvalue weighted by Gasteiger charge is 2.26. The van der Waals surface area contributed by atoms with E-state index < -0.39 is 0 Å². The highest BCUT2D eigenvalue weighted by Crippen LogP contribution is 2.26. The Morgan fingerprint density at radius 1 is 1.29 bits per heavy atom. The Morgan fingerprint density at radius 2 is 2.12 bits per heavy atom. The van der Waals surface area contributed by atoms with Gasteiger partial charge in [-0.25, -0.2) is 4.98 Å². The predicted octanol–water partition coefficient (Wildman–Crippen LogP) is 3.20. The van der Waals surface area contributed by atoms with Crippen molar-refractivity contribution in [2.24, 2.45) is 5.92 Å². The maximum Gasteiger partial charge on any atom is 0.224 e. The monoisotopic (exact) mass is 323 g/mol. The lowest BCUT2D eigenvalue weighted by molar-refractivity contribution is -0.126. The first-order valence-electron chi connectivity index (χ1n) is 9.13. The Labute approximate surface area is 143 Å². The summed E-state index contributed by atoms with van der Waals surface area (Å²) in [6.07, 6.45) is 10.4. The van der Waals surface area contributed by atoms with Crippen molar-refractivity contribution in [3.8, 4) is 0 Å². The molecule has 126 valence electrons. The molecule has 2 aromatic rings. The summed E-state index contributed by atoms with van der Waals surface area (Å²) in [4.78, 5) is 17.0. The zero-order chi connectivity index (χ0) is 16.5. The number of nitrogens with one attached hydrogen (secondary N) is 1. The summed E-state index contributed by atoms with van der Waals surface area (Å²) >= 11 is 0. The van der Waals surface area contributed by atoms with Gasteiger partial charge in [0.05, 0.1) is 6.04 Å². The van der Waals surface area contributed by atoms with Gasteiger partial charge >= 0.3 is 0 Å². The second-order valence-corrected chi connectivity index (χ2v) is 7.19. The topological polar surface area (TPSA) is 46.9 Å². The Bertz CT molecular complexity index is 749. The fraction of sp³-hybridized carbons (Fsp3) is 0.500. The number of imidazole rings is 1. The molecule has 0 bridgehead atoms. The summed E-state index contributed by atoms with van der Waals surface area (Å²) in [6.45, 7) is 2.98. The molecule has 0 unspecified atom stereocenters. The minimum Gasteiger partial charge on any atom is -0.349 e. The zero-order valence-corrected chi connectivity index (χ0v) is 14.3. The van der Waals surface area contributed by atoms with Crippen molar-refractivity contribution < 1.29 is 4.79 Å². The van der Waals surface area contributed by atoms with Gasteiger partial charge in [0.15, 0.2) is 0 Å². The minimum atomic E-state index is 0.0416. The van der Waals surface area contributed by atoms with E-state index >= 15 is 0 Å². The van der Waals surface area contributed by atoms with Crippen molar-refractivity contribution in [3.05, 3.63) is 53.1 Å². The van der Waals surface area contributed by atoms with Crippen LogP contribution in [0.15, 0.2) is 30.6 Å². The Balaban J connectivity index is 1.42. The summed E-state index contributed by atoms with van der Waals surface area (Å²) in [5.74, 6) is 1.23. The fourth-order valence-electron chi connectivity index (χ4n) is 4.01. The third kappa shape index (κ3) is 2.97. The van der Waals surface area contributed by atoms with Gasteiger partial charge < -0.3 is 9.88 Å². The number of hydrogen-bond donors (Lipinski definition) is 1. The van der Waals surface area contributed by atoms with Crippen LogP contribution in [0.25, 0.3) is 0 Å². The Kier molecular flexibility index (Phi) is 4.13. The number of benzene rings is 1. The van der Waals surface area contributed by atoms with Crippen LogP contribution < -0.4 is 5.32 Å². The van der Waals surface area contributed by atoms with Crippen molar-refractivity contribution >= 4 is 5.91 Å². The summed E-state index contributed by atoms with van der Waals surface area (Å²) in [5, 5.41) is 3.22. The number of aryl methyl sites for hydroxylation is 3. The standard InChI is InChI=1S/C20H25N3O/c1-14(16-7-6-15-4-2-3-5-17(15)12-16)22-20(24)18-8-10-23-11-9-21-19(23)13-18/h6-7,9,11-12,14,18H,2-5,8,10,13H2,1H3,(H,22,24)/t14-,18-/m0/s1. The van der Waals surface area contributed by atoms with Crippen LogP contribution in [0.2, 0.25) is 0 Å². The number of amides is 1. The van der Waals surface area contributed by atoms with Gasteiger partial charge in [0.25, 0.3) is 0 Å². The van der Waals surface area contributed by atoms with Gasteiger partial charge in [-0.05, 0) is 55.7 Å². The van der Waals surface area contributed by atoms with E-state index in [1.165, 1.54) is 42.4 Å². The van der Waals surface area contributed by atoms with E-state index in [2.05, 4.69) is 40.0 Å². The maximum absolute atomic E-state index is 12.7. The van der Waals surface area contributed by atoms with Crippen LogP contribution in [0.5, 0.6) is 0 Å². The highest BCUT2D eigenvalue weighted by molar-refractivity contribution is 5.79.